The molecule has 0 bridgehead atoms. The Hall–Kier alpha value is -0.490. The monoisotopic (exact) mass is 184 g/mol. The highest BCUT2D eigenvalue weighted by atomic mass is 32.2. The smallest absolute Gasteiger partial charge is 0.267 e. The Kier molecular flexibility index (Phi) is 2.24. The van der Waals surface area contributed by atoms with Gasteiger partial charge >= 0.3 is 10.1 Å². The fourth-order valence-electron chi connectivity index (χ4n) is 0.651. The van der Waals surface area contributed by atoms with Crippen LogP contribution in [0.3, 0.4) is 0 Å². The number of halogens is 2. The molecule has 0 fully saturated rings. The number of rotatable bonds is 0. The van der Waals surface area contributed by atoms with Crippen molar-refractivity contribution in [3.05, 3.63) is 11.9 Å². The topological polar surface area (TPSA) is 43.4 Å². The van der Waals surface area contributed by atoms with Gasteiger partial charge in [0.05, 0.1) is 6.61 Å². The lowest BCUT2D eigenvalue weighted by molar-refractivity contribution is 0.300. The van der Waals surface area contributed by atoms with Crippen LogP contribution in [0.25, 0.3) is 0 Å². The summed E-state index contributed by atoms with van der Waals surface area (Å²) in [5.74, 6) is -1.29. The summed E-state index contributed by atoms with van der Waals surface area (Å²) < 4.78 is 50.0. The third kappa shape index (κ3) is 1.75. The van der Waals surface area contributed by atoms with Gasteiger partial charge in [-0.1, -0.05) is 0 Å². The lowest BCUT2D eigenvalue weighted by Crippen LogP contribution is -2.18. The first-order valence-corrected chi connectivity index (χ1v) is 4.39. The van der Waals surface area contributed by atoms with Crippen LogP contribution in [-0.4, -0.2) is 20.5 Å². The number of hydrogen-bond acceptors (Lipinski definition) is 3. The second kappa shape index (κ2) is 2.86. The van der Waals surface area contributed by atoms with Crippen molar-refractivity contribution in [2.75, 3.05) is 6.61 Å². The van der Waals surface area contributed by atoms with Crippen molar-refractivity contribution in [3.8, 4) is 0 Å². The van der Waals surface area contributed by atoms with Crippen molar-refractivity contribution >= 4 is 10.1 Å². The highest BCUT2D eigenvalue weighted by molar-refractivity contribution is 7.87. The van der Waals surface area contributed by atoms with E-state index in [-0.39, 0.29) is 13.0 Å². The molecule has 1 rings (SSSR count). The summed E-state index contributed by atoms with van der Waals surface area (Å²) in [5, 5.41) is 0. The molecular weight excluding hydrogens is 178 g/mol. The van der Waals surface area contributed by atoms with Crippen molar-refractivity contribution in [2.45, 2.75) is 11.9 Å². The van der Waals surface area contributed by atoms with E-state index in [2.05, 4.69) is 4.18 Å². The molecule has 1 atom stereocenters. The average Bonchev–Trinajstić information content (AvgIpc) is 2.03. The first-order chi connectivity index (χ1) is 5.04. The third-order valence-corrected chi connectivity index (χ3v) is 2.40. The van der Waals surface area contributed by atoms with Crippen molar-refractivity contribution < 1.29 is 21.4 Å². The van der Waals surface area contributed by atoms with E-state index in [1.165, 1.54) is 0 Å². The highest BCUT2D eigenvalue weighted by Gasteiger charge is 2.32. The molecule has 0 saturated carbocycles. The second-order valence-electron chi connectivity index (χ2n) is 2.01. The second-order valence-corrected chi connectivity index (χ2v) is 3.64. The van der Waals surface area contributed by atoms with Gasteiger partial charge in [0.15, 0.2) is 0 Å². The van der Waals surface area contributed by atoms with Crippen molar-refractivity contribution in [1.29, 1.82) is 0 Å². The largest absolute Gasteiger partial charge is 0.306 e. The molecule has 0 saturated heterocycles. The Morgan fingerprint density at radius 1 is 1.64 bits per heavy atom. The molecule has 64 valence electrons. The molecule has 0 aliphatic carbocycles. The molecule has 0 spiro atoms. The zero-order valence-corrected chi connectivity index (χ0v) is 6.27. The molecule has 0 amide bonds. The van der Waals surface area contributed by atoms with Crippen molar-refractivity contribution in [2.24, 2.45) is 0 Å². The van der Waals surface area contributed by atoms with Crippen LogP contribution in [0.15, 0.2) is 11.9 Å². The van der Waals surface area contributed by atoms with Crippen molar-refractivity contribution in [3.63, 3.8) is 0 Å². The summed E-state index contributed by atoms with van der Waals surface area (Å²) in [6.45, 7) is -0.198. The average molecular weight is 184 g/mol. The van der Waals surface area contributed by atoms with E-state index in [1.54, 1.807) is 0 Å². The third-order valence-electron chi connectivity index (χ3n) is 1.18. The maximum atomic E-state index is 12.5. The van der Waals surface area contributed by atoms with Crippen LogP contribution in [0.1, 0.15) is 6.42 Å². The molecule has 0 aromatic carbocycles. The van der Waals surface area contributed by atoms with Crippen LogP contribution in [0.5, 0.6) is 0 Å². The van der Waals surface area contributed by atoms with E-state index in [9.17, 15) is 17.2 Å². The maximum absolute atomic E-state index is 12.5. The lowest BCUT2D eigenvalue weighted by atomic mass is 10.4. The standard InChI is InChI=1S/C5H6F2O3S/c6-4-2-1-3-10-11(8,9)5(4)7/h2,5H,1,3H2. The fraction of sp³-hybridized carbons (Fsp3) is 0.600. The summed E-state index contributed by atoms with van der Waals surface area (Å²) in [6, 6.07) is 0. The van der Waals surface area contributed by atoms with Gasteiger partial charge in [-0.15, -0.1) is 0 Å². The molecule has 0 aromatic rings. The normalized spacial score (nSPS) is 30.7. The number of hydrogen-bond donors (Lipinski definition) is 0. The summed E-state index contributed by atoms with van der Waals surface area (Å²) in [5.41, 5.74) is -2.65. The maximum Gasteiger partial charge on any atom is 0.306 e. The highest BCUT2D eigenvalue weighted by Crippen LogP contribution is 2.20. The van der Waals surface area contributed by atoms with Crippen molar-refractivity contribution in [1.82, 2.24) is 0 Å². The predicted octanol–water partition coefficient (Wildman–Crippen LogP) is 0.886. The Morgan fingerprint density at radius 3 is 2.91 bits per heavy atom. The van der Waals surface area contributed by atoms with Gasteiger partial charge in [0.1, 0.15) is 5.83 Å². The SMILES string of the molecule is O=S1(=O)OCCC=C(F)C1F. The van der Waals surface area contributed by atoms with E-state index in [1.807, 2.05) is 0 Å². The van der Waals surface area contributed by atoms with E-state index in [4.69, 9.17) is 0 Å². The predicted molar refractivity (Wildman–Crippen MR) is 33.6 cm³/mol. The van der Waals surface area contributed by atoms with Crippen LogP contribution < -0.4 is 0 Å². The molecular formula is C5H6F2O3S. The summed E-state index contributed by atoms with van der Waals surface area (Å²) in [4.78, 5) is 0. The van der Waals surface area contributed by atoms with Gasteiger partial charge < -0.3 is 0 Å². The van der Waals surface area contributed by atoms with Gasteiger partial charge in [0.2, 0.25) is 0 Å². The summed E-state index contributed by atoms with van der Waals surface area (Å²) in [7, 11) is -4.36. The lowest BCUT2D eigenvalue weighted by Gasteiger charge is -2.02. The molecule has 0 radical (unpaired) electrons. The first-order valence-electron chi connectivity index (χ1n) is 2.92. The van der Waals surface area contributed by atoms with Crippen LogP contribution in [0.4, 0.5) is 8.78 Å². The van der Waals surface area contributed by atoms with E-state index in [0.29, 0.717) is 0 Å². The molecule has 0 aromatic heterocycles. The molecule has 1 aliphatic rings. The molecule has 11 heavy (non-hydrogen) atoms. The Labute approximate surface area is 62.8 Å². The number of alkyl halides is 1. The minimum absolute atomic E-state index is 0.0749. The molecule has 1 unspecified atom stereocenters. The zero-order chi connectivity index (χ0) is 8.48. The first kappa shape index (κ1) is 8.61. The van der Waals surface area contributed by atoms with Gasteiger partial charge in [-0.3, -0.25) is 4.18 Å². The molecule has 0 N–H and O–H groups in total. The Bertz CT molecular complexity index is 269. The summed E-state index contributed by atoms with van der Waals surface area (Å²) >= 11 is 0. The van der Waals surface area contributed by atoms with Gasteiger partial charge in [-0.2, -0.15) is 8.42 Å². The minimum atomic E-state index is -4.36. The fourth-order valence-corrected chi connectivity index (χ4v) is 1.47. The van der Waals surface area contributed by atoms with Crippen LogP contribution in [-0.2, 0) is 14.3 Å². The van der Waals surface area contributed by atoms with Crippen LogP contribution in [0.2, 0.25) is 0 Å². The molecule has 1 aliphatic heterocycles. The molecule has 1 heterocycles. The van der Waals surface area contributed by atoms with Gasteiger partial charge in [0.25, 0.3) is 5.50 Å². The Morgan fingerprint density at radius 2 is 2.27 bits per heavy atom. The molecule has 6 heteroatoms. The zero-order valence-electron chi connectivity index (χ0n) is 5.46. The van der Waals surface area contributed by atoms with E-state index in [0.717, 1.165) is 6.08 Å². The van der Waals surface area contributed by atoms with Gasteiger partial charge in [0, 0.05) is 0 Å². The Balaban J connectivity index is 2.97. The van der Waals surface area contributed by atoms with Crippen LogP contribution >= 0.6 is 0 Å². The van der Waals surface area contributed by atoms with Gasteiger partial charge in [-0.05, 0) is 12.5 Å². The molecule has 3 nitrogen and oxygen atoms in total. The van der Waals surface area contributed by atoms with Crippen LogP contribution in [0, 0.1) is 0 Å². The minimum Gasteiger partial charge on any atom is -0.267 e. The van der Waals surface area contributed by atoms with E-state index >= 15 is 0 Å². The van der Waals surface area contributed by atoms with Gasteiger partial charge in [-0.25, -0.2) is 8.78 Å². The van der Waals surface area contributed by atoms with E-state index < -0.39 is 21.4 Å². The quantitative estimate of drug-likeness (QED) is 0.525. The summed E-state index contributed by atoms with van der Waals surface area (Å²) in [6.07, 6.45) is 0.945.